The van der Waals surface area contributed by atoms with Crippen LogP contribution in [0.25, 0.3) is 0 Å². The van der Waals surface area contributed by atoms with E-state index in [2.05, 4.69) is 15.7 Å². The van der Waals surface area contributed by atoms with Crippen molar-refractivity contribution in [3.8, 4) is 0 Å². The van der Waals surface area contributed by atoms with Crippen LogP contribution in [0.2, 0.25) is 0 Å². The van der Waals surface area contributed by atoms with Gasteiger partial charge in [0.25, 0.3) is 0 Å². The lowest BCUT2D eigenvalue weighted by atomic mass is 9.99. The maximum Gasteiger partial charge on any atom is 0.228 e. The van der Waals surface area contributed by atoms with E-state index < -0.39 is 0 Å². The van der Waals surface area contributed by atoms with Gasteiger partial charge in [-0.15, -0.1) is 0 Å². The molecule has 0 radical (unpaired) electrons. The summed E-state index contributed by atoms with van der Waals surface area (Å²) in [5.41, 5.74) is 2.02. The molecule has 0 spiro atoms. The lowest BCUT2D eigenvalue weighted by molar-refractivity contribution is -0.120. The number of carbonyl (C=O) groups is 1. The van der Waals surface area contributed by atoms with Crippen molar-refractivity contribution in [1.82, 2.24) is 15.1 Å². The molecule has 0 saturated carbocycles. The quantitative estimate of drug-likeness (QED) is 0.901. The third-order valence-corrected chi connectivity index (χ3v) is 3.79. The lowest BCUT2D eigenvalue weighted by Crippen LogP contribution is -2.37. The first-order valence-corrected chi connectivity index (χ1v) is 7.39. The average molecular weight is 284 g/mol. The van der Waals surface area contributed by atoms with Gasteiger partial charge in [0.1, 0.15) is 0 Å². The van der Waals surface area contributed by atoms with E-state index in [1.54, 1.807) is 6.20 Å². The summed E-state index contributed by atoms with van der Waals surface area (Å²) >= 11 is 0. The number of nitrogens with zero attached hydrogens (tertiary/aromatic N) is 2. The Morgan fingerprint density at radius 2 is 2.24 bits per heavy atom. The van der Waals surface area contributed by atoms with Crippen LogP contribution in [0.4, 0.5) is 5.69 Å². The van der Waals surface area contributed by atoms with E-state index in [4.69, 9.17) is 0 Å². The molecule has 1 aliphatic heterocycles. The number of anilines is 1. The van der Waals surface area contributed by atoms with E-state index in [0.29, 0.717) is 0 Å². The Morgan fingerprint density at radius 1 is 1.38 bits per heavy atom. The zero-order valence-corrected chi connectivity index (χ0v) is 12.0. The van der Waals surface area contributed by atoms with Crippen LogP contribution in [0.5, 0.6) is 0 Å². The van der Waals surface area contributed by atoms with Gasteiger partial charge >= 0.3 is 0 Å². The molecule has 0 unspecified atom stereocenters. The Balaban J connectivity index is 1.57. The fraction of sp³-hybridized carbons (Fsp3) is 0.375. The van der Waals surface area contributed by atoms with Crippen molar-refractivity contribution in [1.29, 1.82) is 0 Å². The topological polar surface area (TPSA) is 59.0 Å². The predicted octanol–water partition coefficient (Wildman–Crippen LogP) is 1.87. The molecule has 3 rings (SSSR count). The monoisotopic (exact) mass is 284 g/mol. The number of carbonyl (C=O) groups excluding carboxylic acids is 1. The third kappa shape index (κ3) is 3.70. The van der Waals surface area contributed by atoms with Gasteiger partial charge in [0.15, 0.2) is 0 Å². The second-order valence-corrected chi connectivity index (χ2v) is 5.43. The molecular formula is C16H20N4O. The van der Waals surface area contributed by atoms with Gasteiger partial charge in [-0.25, -0.2) is 0 Å². The molecule has 2 aromatic rings. The largest absolute Gasteiger partial charge is 0.326 e. The van der Waals surface area contributed by atoms with Crippen LogP contribution in [0.3, 0.4) is 0 Å². The highest BCUT2D eigenvalue weighted by Crippen LogP contribution is 2.15. The van der Waals surface area contributed by atoms with E-state index in [9.17, 15) is 4.79 Å². The standard InChI is InChI=1S/C16H20N4O/c21-16(14-3-1-8-17-11-14)19-15-6-4-13(5-7-15)12-20-10-2-9-18-20/h2,4-7,9-10,14,17H,1,3,8,11-12H2,(H,19,21)/t14-/m1/s1. The molecule has 1 saturated heterocycles. The Bertz CT molecular complexity index is 571. The summed E-state index contributed by atoms with van der Waals surface area (Å²) in [5.74, 6) is 0.199. The van der Waals surface area contributed by atoms with Gasteiger partial charge < -0.3 is 10.6 Å². The number of piperidine rings is 1. The zero-order valence-electron chi connectivity index (χ0n) is 12.0. The maximum atomic E-state index is 12.1. The minimum atomic E-state index is 0.0856. The molecule has 21 heavy (non-hydrogen) atoms. The number of hydrogen-bond donors (Lipinski definition) is 2. The van der Waals surface area contributed by atoms with Crippen molar-refractivity contribution in [3.05, 3.63) is 48.3 Å². The van der Waals surface area contributed by atoms with Crippen LogP contribution >= 0.6 is 0 Å². The van der Waals surface area contributed by atoms with Crippen LogP contribution in [0.1, 0.15) is 18.4 Å². The van der Waals surface area contributed by atoms with E-state index >= 15 is 0 Å². The van der Waals surface area contributed by atoms with E-state index in [0.717, 1.165) is 43.7 Å². The summed E-state index contributed by atoms with van der Waals surface area (Å²) in [6.07, 6.45) is 5.75. The molecule has 1 aliphatic rings. The van der Waals surface area contributed by atoms with Crippen LogP contribution in [-0.2, 0) is 11.3 Å². The zero-order chi connectivity index (χ0) is 14.5. The number of rotatable bonds is 4. The van der Waals surface area contributed by atoms with Crippen LogP contribution in [0.15, 0.2) is 42.7 Å². The maximum absolute atomic E-state index is 12.1. The fourth-order valence-electron chi connectivity index (χ4n) is 2.59. The smallest absolute Gasteiger partial charge is 0.228 e. The summed E-state index contributed by atoms with van der Waals surface area (Å²) in [7, 11) is 0. The molecule has 2 N–H and O–H groups in total. The Morgan fingerprint density at radius 3 is 2.90 bits per heavy atom. The van der Waals surface area contributed by atoms with Crippen LogP contribution in [0, 0.1) is 5.92 Å². The van der Waals surface area contributed by atoms with Crippen molar-refractivity contribution in [2.75, 3.05) is 18.4 Å². The molecule has 0 aliphatic carbocycles. The normalized spacial score (nSPS) is 18.4. The number of nitrogens with one attached hydrogen (secondary N) is 2. The summed E-state index contributed by atoms with van der Waals surface area (Å²) in [5, 5.41) is 10.4. The van der Waals surface area contributed by atoms with Crippen molar-refractivity contribution in [3.63, 3.8) is 0 Å². The van der Waals surface area contributed by atoms with E-state index in [1.165, 1.54) is 0 Å². The Hall–Kier alpha value is -2.14. The molecule has 1 aromatic heterocycles. The first-order chi connectivity index (χ1) is 10.3. The minimum Gasteiger partial charge on any atom is -0.326 e. The number of hydrogen-bond acceptors (Lipinski definition) is 3. The molecule has 1 fully saturated rings. The molecule has 2 heterocycles. The van der Waals surface area contributed by atoms with Crippen LogP contribution in [-0.4, -0.2) is 28.8 Å². The third-order valence-electron chi connectivity index (χ3n) is 3.79. The fourth-order valence-corrected chi connectivity index (χ4v) is 2.59. The molecule has 0 bridgehead atoms. The van der Waals surface area contributed by atoms with Crippen molar-refractivity contribution in [2.24, 2.45) is 5.92 Å². The summed E-state index contributed by atoms with van der Waals surface area (Å²) in [4.78, 5) is 12.1. The molecule has 1 atom stereocenters. The number of aromatic nitrogens is 2. The highest BCUT2D eigenvalue weighted by molar-refractivity contribution is 5.92. The Labute approximate surface area is 124 Å². The molecule has 110 valence electrons. The van der Waals surface area contributed by atoms with Crippen molar-refractivity contribution < 1.29 is 4.79 Å². The highest BCUT2D eigenvalue weighted by Gasteiger charge is 2.20. The van der Waals surface area contributed by atoms with Gasteiger partial charge in [0.2, 0.25) is 5.91 Å². The molecule has 1 amide bonds. The lowest BCUT2D eigenvalue weighted by Gasteiger charge is -2.21. The Kier molecular flexibility index (Phi) is 4.31. The molecule has 5 nitrogen and oxygen atoms in total. The van der Waals surface area contributed by atoms with Gasteiger partial charge in [0.05, 0.1) is 12.5 Å². The van der Waals surface area contributed by atoms with Crippen LogP contribution < -0.4 is 10.6 Å². The van der Waals surface area contributed by atoms with E-state index in [-0.39, 0.29) is 11.8 Å². The molecular weight excluding hydrogens is 264 g/mol. The van der Waals surface area contributed by atoms with Gasteiger partial charge in [-0.2, -0.15) is 5.10 Å². The van der Waals surface area contributed by atoms with Gasteiger partial charge in [-0.3, -0.25) is 9.48 Å². The average Bonchev–Trinajstić information content (AvgIpc) is 3.03. The first kappa shape index (κ1) is 13.8. The second kappa shape index (κ2) is 6.54. The summed E-state index contributed by atoms with van der Waals surface area (Å²) in [6.45, 7) is 2.54. The molecule has 1 aromatic carbocycles. The molecule has 5 heteroatoms. The summed E-state index contributed by atoms with van der Waals surface area (Å²) in [6, 6.07) is 9.86. The number of benzene rings is 1. The van der Waals surface area contributed by atoms with Gasteiger partial charge in [-0.1, -0.05) is 12.1 Å². The SMILES string of the molecule is O=C(Nc1ccc(Cn2cccn2)cc1)[C@@H]1CCCNC1. The first-order valence-electron chi connectivity index (χ1n) is 7.39. The minimum absolute atomic E-state index is 0.0856. The van der Waals surface area contributed by atoms with Gasteiger partial charge in [-0.05, 0) is 43.1 Å². The predicted molar refractivity (Wildman–Crippen MR) is 82.0 cm³/mol. The van der Waals surface area contributed by atoms with Crippen molar-refractivity contribution >= 4 is 11.6 Å². The number of amides is 1. The van der Waals surface area contributed by atoms with Gasteiger partial charge in [0, 0.05) is 24.6 Å². The second-order valence-electron chi connectivity index (χ2n) is 5.43. The highest BCUT2D eigenvalue weighted by atomic mass is 16.1. The van der Waals surface area contributed by atoms with E-state index in [1.807, 2.05) is 41.2 Å². The summed E-state index contributed by atoms with van der Waals surface area (Å²) < 4.78 is 1.88. The van der Waals surface area contributed by atoms with Crippen molar-refractivity contribution in [2.45, 2.75) is 19.4 Å².